The summed E-state index contributed by atoms with van der Waals surface area (Å²) in [6.45, 7) is 4.76. The number of halogens is 1. The zero-order valence-corrected chi connectivity index (χ0v) is 12.7. The van der Waals surface area contributed by atoms with Crippen LogP contribution in [0.15, 0.2) is 54.6 Å². The number of likely N-dealkylation sites (N-methyl/N-ethyl adjacent to an activating group) is 2. The molecule has 0 bridgehead atoms. The van der Waals surface area contributed by atoms with Crippen LogP contribution in [0.3, 0.4) is 0 Å². The first-order valence-corrected chi connectivity index (χ1v) is 7.41. The Morgan fingerprint density at radius 2 is 1.71 bits per heavy atom. The van der Waals surface area contributed by atoms with Crippen molar-refractivity contribution in [2.75, 3.05) is 20.1 Å². The maximum atomic E-state index is 13.0. The summed E-state index contributed by atoms with van der Waals surface area (Å²) in [6, 6.07) is 17.5. The molecular weight excluding hydrogens is 263 g/mol. The SMILES string of the molecule is CCNCC(c1ccccc1)N(C)Cc1ccc(F)cc1. The van der Waals surface area contributed by atoms with Gasteiger partial charge >= 0.3 is 0 Å². The topological polar surface area (TPSA) is 15.3 Å². The van der Waals surface area contributed by atoms with Crippen molar-refractivity contribution in [1.82, 2.24) is 10.2 Å². The van der Waals surface area contributed by atoms with E-state index in [4.69, 9.17) is 0 Å². The van der Waals surface area contributed by atoms with E-state index in [0.29, 0.717) is 6.04 Å². The third-order valence-corrected chi connectivity index (χ3v) is 3.65. The van der Waals surface area contributed by atoms with E-state index in [0.717, 1.165) is 25.2 Å². The largest absolute Gasteiger partial charge is 0.315 e. The smallest absolute Gasteiger partial charge is 0.123 e. The second kappa shape index (κ2) is 7.91. The van der Waals surface area contributed by atoms with E-state index in [9.17, 15) is 4.39 Å². The Labute approximate surface area is 126 Å². The Morgan fingerprint density at radius 3 is 2.33 bits per heavy atom. The number of benzene rings is 2. The Morgan fingerprint density at radius 1 is 1.05 bits per heavy atom. The van der Waals surface area contributed by atoms with Crippen molar-refractivity contribution >= 4 is 0 Å². The van der Waals surface area contributed by atoms with Gasteiger partial charge in [-0.15, -0.1) is 0 Å². The molecule has 0 saturated heterocycles. The number of hydrogen-bond acceptors (Lipinski definition) is 2. The first kappa shape index (κ1) is 15.7. The van der Waals surface area contributed by atoms with Gasteiger partial charge in [-0.1, -0.05) is 49.4 Å². The summed E-state index contributed by atoms with van der Waals surface area (Å²) in [5, 5.41) is 3.42. The van der Waals surface area contributed by atoms with Crippen LogP contribution < -0.4 is 5.32 Å². The predicted molar refractivity (Wildman–Crippen MR) is 85.6 cm³/mol. The van der Waals surface area contributed by atoms with Crippen molar-refractivity contribution in [3.05, 3.63) is 71.5 Å². The van der Waals surface area contributed by atoms with Crippen molar-refractivity contribution in [3.8, 4) is 0 Å². The quantitative estimate of drug-likeness (QED) is 0.836. The minimum Gasteiger partial charge on any atom is -0.315 e. The molecule has 2 aromatic carbocycles. The average Bonchev–Trinajstić information content (AvgIpc) is 2.51. The molecule has 0 saturated carbocycles. The molecule has 2 rings (SSSR count). The monoisotopic (exact) mass is 286 g/mol. The fourth-order valence-electron chi connectivity index (χ4n) is 2.47. The van der Waals surface area contributed by atoms with E-state index in [-0.39, 0.29) is 5.82 Å². The van der Waals surface area contributed by atoms with Crippen molar-refractivity contribution in [2.45, 2.75) is 19.5 Å². The van der Waals surface area contributed by atoms with Gasteiger partial charge in [0.05, 0.1) is 0 Å². The van der Waals surface area contributed by atoms with E-state index in [2.05, 4.69) is 48.5 Å². The molecule has 1 unspecified atom stereocenters. The van der Waals surface area contributed by atoms with Crippen LogP contribution >= 0.6 is 0 Å². The van der Waals surface area contributed by atoms with E-state index in [1.54, 1.807) is 0 Å². The molecule has 3 heteroatoms. The van der Waals surface area contributed by atoms with Gasteiger partial charge in [-0.05, 0) is 36.9 Å². The second-order valence-corrected chi connectivity index (χ2v) is 5.28. The molecule has 2 nitrogen and oxygen atoms in total. The lowest BCUT2D eigenvalue weighted by atomic mass is 10.0. The Hall–Kier alpha value is -1.71. The molecular formula is C18H23FN2. The van der Waals surface area contributed by atoms with Crippen molar-refractivity contribution in [2.24, 2.45) is 0 Å². The number of nitrogens with zero attached hydrogens (tertiary/aromatic N) is 1. The molecule has 21 heavy (non-hydrogen) atoms. The Bertz CT molecular complexity index is 525. The third kappa shape index (κ3) is 4.66. The van der Waals surface area contributed by atoms with Crippen LogP contribution in [0.2, 0.25) is 0 Å². The Kier molecular flexibility index (Phi) is 5.90. The summed E-state index contributed by atoms with van der Waals surface area (Å²) in [5.74, 6) is -0.186. The zero-order chi connectivity index (χ0) is 15.1. The summed E-state index contributed by atoms with van der Waals surface area (Å²) in [7, 11) is 2.11. The van der Waals surface area contributed by atoms with Crippen LogP contribution in [0.1, 0.15) is 24.1 Å². The van der Waals surface area contributed by atoms with Crippen LogP contribution in [-0.2, 0) is 6.54 Å². The average molecular weight is 286 g/mol. The van der Waals surface area contributed by atoms with E-state index in [1.165, 1.54) is 17.7 Å². The fourth-order valence-corrected chi connectivity index (χ4v) is 2.47. The van der Waals surface area contributed by atoms with Crippen molar-refractivity contribution < 1.29 is 4.39 Å². The van der Waals surface area contributed by atoms with Crippen molar-refractivity contribution in [1.29, 1.82) is 0 Å². The van der Waals surface area contributed by atoms with Gasteiger partial charge in [-0.3, -0.25) is 4.90 Å². The Balaban J connectivity index is 2.10. The van der Waals surface area contributed by atoms with Crippen LogP contribution in [-0.4, -0.2) is 25.0 Å². The molecule has 0 radical (unpaired) electrons. The summed E-state index contributed by atoms with van der Waals surface area (Å²) in [4.78, 5) is 2.30. The molecule has 112 valence electrons. The maximum absolute atomic E-state index is 13.0. The number of rotatable bonds is 7. The molecule has 2 aromatic rings. The normalized spacial score (nSPS) is 12.6. The molecule has 0 fully saturated rings. The van der Waals surface area contributed by atoms with Crippen LogP contribution in [0.5, 0.6) is 0 Å². The van der Waals surface area contributed by atoms with Gasteiger partial charge in [0, 0.05) is 19.1 Å². The van der Waals surface area contributed by atoms with E-state index >= 15 is 0 Å². The molecule has 0 aliphatic heterocycles. The van der Waals surface area contributed by atoms with Gasteiger partial charge in [0.25, 0.3) is 0 Å². The van der Waals surface area contributed by atoms with Gasteiger partial charge in [0.15, 0.2) is 0 Å². The molecule has 0 aliphatic carbocycles. The summed E-state index contributed by atoms with van der Waals surface area (Å²) in [6.07, 6.45) is 0. The van der Waals surface area contributed by atoms with Crippen LogP contribution in [0, 0.1) is 5.82 Å². The van der Waals surface area contributed by atoms with Crippen molar-refractivity contribution in [3.63, 3.8) is 0 Å². The number of hydrogen-bond donors (Lipinski definition) is 1. The number of nitrogens with one attached hydrogen (secondary N) is 1. The van der Waals surface area contributed by atoms with Crippen LogP contribution in [0.4, 0.5) is 4.39 Å². The lowest BCUT2D eigenvalue weighted by Gasteiger charge is -2.29. The van der Waals surface area contributed by atoms with Crippen LogP contribution in [0.25, 0.3) is 0 Å². The summed E-state index contributed by atoms with van der Waals surface area (Å²) < 4.78 is 13.0. The fraction of sp³-hybridized carbons (Fsp3) is 0.333. The van der Waals surface area contributed by atoms with Gasteiger partial charge in [-0.25, -0.2) is 4.39 Å². The highest BCUT2D eigenvalue weighted by Crippen LogP contribution is 2.20. The predicted octanol–water partition coefficient (Wildman–Crippen LogP) is 3.61. The molecule has 1 N–H and O–H groups in total. The molecule has 0 amide bonds. The first-order valence-electron chi connectivity index (χ1n) is 7.41. The minimum atomic E-state index is -0.186. The van der Waals surface area contributed by atoms with E-state index in [1.807, 2.05) is 18.2 Å². The highest BCUT2D eigenvalue weighted by atomic mass is 19.1. The highest BCUT2D eigenvalue weighted by Gasteiger charge is 2.16. The molecule has 1 atom stereocenters. The lowest BCUT2D eigenvalue weighted by molar-refractivity contribution is 0.231. The second-order valence-electron chi connectivity index (χ2n) is 5.28. The van der Waals surface area contributed by atoms with Gasteiger partial charge in [0.1, 0.15) is 5.82 Å². The van der Waals surface area contributed by atoms with Gasteiger partial charge < -0.3 is 5.32 Å². The third-order valence-electron chi connectivity index (χ3n) is 3.65. The zero-order valence-electron chi connectivity index (χ0n) is 12.7. The highest BCUT2D eigenvalue weighted by molar-refractivity contribution is 5.21. The summed E-state index contributed by atoms with van der Waals surface area (Å²) >= 11 is 0. The lowest BCUT2D eigenvalue weighted by Crippen LogP contribution is -2.33. The standard InChI is InChI=1S/C18H23FN2/c1-3-20-13-18(16-7-5-4-6-8-16)21(2)14-15-9-11-17(19)12-10-15/h4-12,18,20H,3,13-14H2,1-2H3. The molecule has 0 heterocycles. The minimum absolute atomic E-state index is 0.186. The van der Waals surface area contributed by atoms with Gasteiger partial charge in [-0.2, -0.15) is 0 Å². The first-order chi connectivity index (χ1) is 10.2. The van der Waals surface area contributed by atoms with E-state index < -0.39 is 0 Å². The van der Waals surface area contributed by atoms with Gasteiger partial charge in [0.2, 0.25) is 0 Å². The molecule has 0 aliphatic rings. The maximum Gasteiger partial charge on any atom is 0.123 e. The molecule has 0 spiro atoms. The summed E-state index contributed by atoms with van der Waals surface area (Å²) in [5.41, 5.74) is 2.42. The molecule has 0 aromatic heterocycles.